The Labute approximate surface area is 262 Å². The van der Waals surface area contributed by atoms with Crippen molar-refractivity contribution >= 4 is 11.9 Å². The molecule has 1 amide bonds. The molecule has 0 aliphatic carbocycles. The van der Waals surface area contributed by atoms with Gasteiger partial charge in [0.2, 0.25) is 0 Å². The molecule has 4 N–H and O–H groups in total. The number of carboxylic acid groups (broad SMARTS) is 1. The Morgan fingerprint density at radius 1 is 0.886 bits per heavy atom. The first-order valence-electron chi connectivity index (χ1n) is 15.5. The molecule has 2 atom stereocenters. The summed E-state index contributed by atoms with van der Waals surface area (Å²) < 4.78 is 5.83. The molecule has 0 spiro atoms. The number of phenolic OH excluding ortho intramolecular Hbond substituents is 1. The van der Waals surface area contributed by atoms with Crippen molar-refractivity contribution in [3.05, 3.63) is 94.0 Å². The number of aryl methyl sites for hydroxylation is 3. The highest BCUT2D eigenvalue weighted by Crippen LogP contribution is 2.41. The van der Waals surface area contributed by atoms with Gasteiger partial charge in [0.05, 0.1) is 6.10 Å². The molecule has 3 aromatic carbocycles. The Morgan fingerprint density at radius 3 is 2.00 bits per heavy atom. The summed E-state index contributed by atoms with van der Waals surface area (Å²) in [7, 11) is 0. The molecule has 0 aliphatic heterocycles. The van der Waals surface area contributed by atoms with Crippen molar-refractivity contribution in [2.24, 2.45) is 5.41 Å². The van der Waals surface area contributed by atoms with Gasteiger partial charge in [0.15, 0.2) is 6.61 Å². The van der Waals surface area contributed by atoms with Crippen LogP contribution in [0.4, 0.5) is 0 Å². The summed E-state index contributed by atoms with van der Waals surface area (Å²) in [6, 6.07) is 17.9. The molecule has 3 rings (SSSR count). The molecule has 0 saturated heterocycles. The first-order chi connectivity index (χ1) is 20.7. The molecular weight excluding hydrogens is 554 g/mol. The fourth-order valence-electron chi connectivity index (χ4n) is 5.79. The monoisotopic (exact) mass is 603 g/mol. The summed E-state index contributed by atoms with van der Waals surface area (Å²) >= 11 is 0. The molecule has 0 bridgehead atoms. The number of amides is 1. The Bertz CT molecular complexity index is 1420. The number of rotatable bonds is 14. The number of carboxylic acids is 1. The molecule has 44 heavy (non-hydrogen) atoms. The van der Waals surface area contributed by atoms with E-state index >= 15 is 0 Å². The zero-order valence-electron chi connectivity index (χ0n) is 27.2. The molecule has 1 unspecified atom stereocenters. The van der Waals surface area contributed by atoms with E-state index in [-0.39, 0.29) is 35.7 Å². The van der Waals surface area contributed by atoms with Gasteiger partial charge in [0.25, 0.3) is 5.91 Å². The Kier molecular flexibility index (Phi) is 11.6. The fourth-order valence-corrected chi connectivity index (χ4v) is 5.79. The zero-order chi connectivity index (χ0) is 32.7. The largest absolute Gasteiger partial charge is 0.508 e. The molecule has 0 saturated carbocycles. The third-order valence-corrected chi connectivity index (χ3v) is 8.88. The van der Waals surface area contributed by atoms with Crippen LogP contribution < -0.4 is 10.1 Å². The average Bonchev–Trinajstić information content (AvgIpc) is 2.97. The maximum Gasteiger partial charge on any atom is 0.326 e. The van der Waals surface area contributed by atoms with Gasteiger partial charge in [0, 0.05) is 11.8 Å². The van der Waals surface area contributed by atoms with Crippen LogP contribution in [-0.2, 0) is 27.8 Å². The van der Waals surface area contributed by atoms with E-state index in [1.807, 2.05) is 13.0 Å². The smallest absolute Gasteiger partial charge is 0.326 e. The second-order valence-corrected chi connectivity index (χ2v) is 12.9. The van der Waals surface area contributed by atoms with E-state index in [1.165, 1.54) is 34.4 Å². The third-order valence-electron chi connectivity index (χ3n) is 8.88. The van der Waals surface area contributed by atoms with Crippen molar-refractivity contribution in [2.45, 2.75) is 98.1 Å². The molecule has 7 nitrogen and oxygen atoms in total. The Hall–Kier alpha value is -3.84. The maximum atomic E-state index is 12.6. The lowest BCUT2D eigenvalue weighted by Gasteiger charge is -2.34. The van der Waals surface area contributed by atoms with Gasteiger partial charge in [-0.25, -0.2) is 4.79 Å². The number of hydrogen-bond acceptors (Lipinski definition) is 5. The number of carbonyl (C=O) groups excluding carboxylic acids is 1. The molecule has 0 fully saturated rings. The number of aliphatic hydroxyl groups excluding tert-OH is 1. The van der Waals surface area contributed by atoms with Crippen LogP contribution in [0.25, 0.3) is 0 Å². The number of benzene rings is 3. The van der Waals surface area contributed by atoms with Gasteiger partial charge in [-0.2, -0.15) is 0 Å². The van der Waals surface area contributed by atoms with Crippen LogP contribution in [0.3, 0.4) is 0 Å². The average molecular weight is 604 g/mol. The van der Waals surface area contributed by atoms with Crippen LogP contribution >= 0.6 is 0 Å². The summed E-state index contributed by atoms with van der Waals surface area (Å²) in [6.45, 7) is 14.4. The maximum absolute atomic E-state index is 12.6. The number of phenols is 1. The molecule has 0 aliphatic rings. The molecule has 3 aromatic rings. The number of aliphatic hydroxyl groups is 1. The lowest BCUT2D eigenvalue weighted by molar-refractivity contribution is -0.142. The second kappa shape index (κ2) is 14.8. The number of carbonyl (C=O) groups is 2. The molecule has 0 aromatic heterocycles. The highest BCUT2D eigenvalue weighted by molar-refractivity contribution is 5.84. The van der Waals surface area contributed by atoms with Crippen LogP contribution in [0.2, 0.25) is 0 Å². The van der Waals surface area contributed by atoms with Crippen molar-refractivity contribution in [3.63, 3.8) is 0 Å². The fraction of sp³-hybridized carbons (Fsp3) is 0.459. The van der Waals surface area contributed by atoms with Crippen LogP contribution in [0.1, 0.15) is 87.3 Å². The Balaban J connectivity index is 1.71. The normalized spacial score (nSPS) is 13.3. The van der Waals surface area contributed by atoms with Gasteiger partial charge >= 0.3 is 5.97 Å². The molecule has 238 valence electrons. The molecule has 7 heteroatoms. The predicted octanol–water partition coefficient (Wildman–Crippen LogP) is 6.65. The zero-order valence-corrected chi connectivity index (χ0v) is 27.2. The molecular formula is C37H49NO6. The van der Waals surface area contributed by atoms with Gasteiger partial charge in [-0.15, -0.1) is 0 Å². The van der Waals surface area contributed by atoms with Gasteiger partial charge in [-0.1, -0.05) is 77.1 Å². The van der Waals surface area contributed by atoms with Crippen molar-refractivity contribution in [3.8, 4) is 11.5 Å². The minimum absolute atomic E-state index is 0.0878. The summed E-state index contributed by atoms with van der Waals surface area (Å²) in [5, 5.41) is 32.1. The first kappa shape index (κ1) is 34.6. The third kappa shape index (κ3) is 8.63. The topological polar surface area (TPSA) is 116 Å². The number of aromatic hydroxyl groups is 1. The van der Waals surface area contributed by atoms with E-state index in [0.717, 1.165) is 31.2 Å². The number of nitrogens with one attached hydrogen (secondary N) is 1. The second-order valence-electron chi connectivity index (χ2n) is 12.9. The minimum Gasteiger partial charge on any atom is -0.508 e. The van der Waals surface area contributed by atoms with Gasteiger partial charge in [0.1, 0.15) is 17.5 Å². The first-order valence-corrected chi connectivity index (χ1v) is 15.5. The quantitative estimate of drug-likeness (QED) is 0.164. The molecule has 0 heterocycles. The number of hydrogen-bond donors (Lipinski definition) is 4. The Morgan fingerprint density at radius 2 is 1.48 bits per heavy atom. The summed E-state index contributed by atoms with van der Waals surface area (Å²) in [5.74, 6) is -1.01. The highest BCUT2D eigenvalue weighted by atomic mass is 16.5. The van der Waals surface area contributed by atoms with Crippen LogP contribution in [0.5, 0.6) is 11.5 Å². The lowest BCUT2D eigenvalue weighted by Crippen LogP contribution is -2.44. The summed E-state index contributed by atoms with van der Waals surface area (Å²) in [6.07, 6.45) is 3.11. The van der Waals surface area contributed by atoms with Crippen molar-refractivity contribution in [1.29, 1.82) is 0 Å². The summed E-state index contributed by atoms with van der Waals surface area (Å²) in [5.41, 5.74) is 6.14. The van der Waals surface area contributed by atoms with E-state index in [4.69, 9.17) is 4.74 Å². The highest BCUT2D eigenvalue weighted by Gasteiger charge is 2.32. The molecule has 0 radical (unpaired) electrons. The van der Waals surface area contributed by atoms with Crippen molar-refractivity contribution in [1.82, 2.24) is 5.32 Å². The van der Waals surface area contributed by atoms with Crippen LogP contribution in [0.15, 0.2) is 60.7 Å². The number of aliphatic carboxylic acids is 1. The van der Waals surface area contributed by atoms with Crippen molar-refractivity contribution < 1.29 is 29.6 Å². The SMILES string of the molecule is CCC(CC)(c1ccc(CC[C@@H](O)C(C)(C)C)c(C)c1)c1ccc(OCC(=O)NC(Cc2ccc(O)cc2)C(=O)O)c(C)c1. The summed E-state index contributed by atoms with van der Waals surface area (Å²) in [4.78, 5) is 24.4. The van der Waals surface area contributed by atoms with Gasteiger partial charge < -0.3 is 25.4 Å². The number of ether oxygens (including phenoxy) is 1. The lowest BCUT2D eigenvalue weighted by atomic mass is 9.69. The minimum atomic E-state index is -1.15. The van der Waals surface area contributed by atoms with E-state index < -0.39 is 17.9 Å². The van der Waals surface area contributed by atoms with Crippen LogP contribution in [0, 0.1) is 19.3 Å². The van der Waals surface area contributed by atoms with Gasteiger partial charge in [-0.3, -0.25) is 4.79 Å². The van der Waals surface area contributed by atoms with E-state index in [0.29, 0.717) is 11.3 Å². The van der Waals surface area contributed by atoms with Crippen LogP contribution in [-0.4, -0.2) is 45.9 Å². The van der Waals surface area contributed by atoms with E-state index in [9.17, 15) is 24.9 Å². The van der Waals surface area contributed by atoms with E-state index in [2.05, 4.69) is 77.2 Å². The standard InChI is InChI=1S/C37H49NO6/c1-8-37(9-2,28-14-12-27(24(3)20-28)13-19-33(40)36(5,6)7)29-15-18-32(25(4)21-29)44-23-34(41)38-31(35(42)43)22-26-10-16-30(39)17-11-26/h10-12,14-18,20-21,31,33,39-40H,8-9,13,19,22-23H2,1-7H3,(H,38,41)(H,42,43)/t31?,33-/m1/s1. The van der Waals surface area contributed by atoms with E-state index in [1.54, 1.807) is 12.1 Å². The van der Waals surface area contributed by atoms with Gasteiger partial charge in [-0.05, 0) is 96.5 Å². The predicted molar refractivity (Wildman–Crippen MR) is 174 cm³/mol. The van der Waals surface area contributed by atoms with Crippen molar-refractivity contribution in [2.75, 3.05) is 6.61 Å².